The van der Waals surface area contributed by atoms with Gasteiger partial charge in [-0.2, -0.15) is 0 Å². The molecule has 0 saturated carbocycles. The number of nitrogens with zero attached hydrogens (tertiary/aromatic N) is 2. The molecule has 2 aliphatic heterocycles. The van der Waals surface area contributed by atoms with Crippen LogP contribution in [0.5, 0.6) is 0 Å². The van der Waals surface area contributed by atoms with Gasteiger partial charge in [-0.15, -0.1) is 0 Å². The minimum absolute atomic E-state index is 0.0808. The maximum Gasteiger partial charge on any atom is 0.264 e. The Morgan fingerprint density at radius 3 is 2.73 bits per heavy atom. The third-order valence-corrected chi connectivity index (χ3v) is 6.89. The van der Waals surface area contributed by atoms with E-state index in [2.05, 4.69) is 9.44 Å². The number of carbonyl (C=O) groups excluding carboxylic acids is 1. The Hall–Kier alpha value is -2.88. The maximum absolute atomic E-state index is 13.1. The number of amides is 1. The highest BCUT2D eigenvalue weighted by Gasteiger charge is 2.31. The van der Waals surface area contributed by atoms with Crippen molar-refractivity contribution in [1.82, 2.24) is 9.03 Å². The molecule has 0 aromatic heterocycles. The molecule has 154 valence electrons. The summed E-state index contributed by atoms with van der Waals surface area (Å²) in [6, 6.07) is 13.6. The van der Waals surface area contributed by atoms with Gasteiger partial charge in [0, 0.05) is 30.2 Å². The first-order valence-corrected chi connectivity index (χ1v) is 11.5. The van der Waals surface area contributed by atoms with Crippen LogP contribution in [0.4, 0.5) is 11.4 Å². The van der Waals surface area contributed by atoms with Gasteiger partial charge in [-0.25, -0.2) is 8.42 Å². The summed E-state index contributed by atoms with van der Waals surface area (Å²) >= 11 is 7.36. The smallest absolute Gasteiger partial charge is 0.264 e. The lowest BCUT2D eigenvalue weighted by atomic mass is 10.1. The Kier molecular flexibility index (Phi) is 5.50. The number of benzene rings is 2. The fourth-order valence-corrected chi connectivity index (χ4v) is 5.15. The zero-order valence-corrected chi connectivity index (χ0v) is 18.1. The van der Waals surface area contributed by atoms with Crippen LogP contribution in [0.2, 0.25) is 5.02 Å². The van der Waals surface area contributed by atoms with Crippen molar-refractivity contribution in [3.63, 3.8) is 0 Å². The zero-order valence-electron chi connectivity index (χ0n) is 15.7. The summed E-state index contributed by atoms with van der Waals surface area (Å²) < 4.78 is 33.4. The van der Waals surface area contributed by atoms with E-state index in [0.717, 1.165) is 0 Å². The van der Waals surface area contributed by atoms with Crippen LogP contribution in [-0.4, -0.2) is 25.7 Å². The standard InChI is InChI=1S/C20H17ClN4O3S2/c1-24(15-6-3-2-4-7-15)20(26)16-10-9-14(21)12-17(16)23-30(27,28)19-8-5-11-25-18(19)13-22-29-25/h2-13,22-23H,1H3. The summed E-state index contributed by atoms with van der Waals surface area (Å²) in [5.41, 5.74) is 1.47. The lowest BCUT2D eigenvalue weighted by molar-refractivity contribution is 0.0994. The van der Waals surface area contributed by atoms with Crippen molar-refractivity contribution >= 4 is 51.0 Å². The van der Waals surface area contributed by atoms with Gasteiger partial charge in [0.2, 0.25) is 0 Å². The molecule has 2 N–H and O–H groups in total. The molecule has 0 atom stereocenters. The second-order valence-electron chi connectivity index (χ2n) is 6.43. The molecule has 2 aromatic carbocycles. The highest BCUT2D eigenvalue weighted by Crippen LogP contribution is 2.34. The average Bonchev–Trinajstić information content (AvgIpc) is 3.22. The summed E-state index contributed by atoms with van der Waals surface area (Å²) in [4.78, 5) is 14.6. The van der Waals surface area contributed by atoms with Gasteiger partial charge in [0.25, 0.3) is 15.9 Å². The van der Waals surface area contributed by atoms with Crippen LogP contribution in [0.15, 0.2) is 83.7 Å². The highest BCUT2D eigenvalue weighted by molar-refractivity contribution is 7.97. The molecule has 0 radical (unpaired) electrons. The Morgan fingerprint density at radius 1 is 1.20 bits per heavy atom. The molecule has 30 heavy (non-hydrogen) atoms. The Labute approximate surface area is 184 Å². The zero-order chi connectivity index (χ0) is 21.3. The van der Waals surface area contributed by atoms with Crippen molar-refractivity contribution in [2.45, 2.75) is 0 Å². The van der Waals surface area contributed by atoms with Gasteiger partial charge >= 0.3 is 0 Å². The molecule has 2 aromatic rings. The van der Waals surface area contributed by atoms with Crippen molar-refractivity contribution in [2.24, 2.45) is 0 Å². The molecule has 0 bridgehead atoms. The van der Waals surface area contributed by atoms with Crippen LogP contribution < -0.4 is 14.3 Å². The van der Waals surface area contributed by atoms with Gasteiger partial charge in [0.05, 0.1) is 29.1 Å². The van der Waals surface area contributed by atoms with Crippen LogP contribution in [0, 0.1) is 0 Å². The van der Waals surface area contributed by atoms with E-state index >= 15 is 0 Å². The molecule has 2 heterocycles. The van der Waals surface area contributed by atoms with Gasteiger partial charge in [-0.3, -0.25) is 13.8 Å². The molecule has 0 spiro atoms. The number of halogens is 1. The van der Waals surface area contributed by atoms with Crippen molar-refractivity contribution in [1.29, 1.82) is 0 Å². The summed E-state index contributed by atoms with van der Waals surface area (Å²) in [5.74, 6) is -0.369. The number of para-hydroxylation sites is 1. The van der Waals surface area contributed by atoms with E-state index < -0.39 is 10.0 Å². The number of anilines is 2. The predicted octanol–water partition coefficient (Wildman–Crippen LogP) is 4.08. The molecule has 0 unspecified atom stereocenters. The van der Waals surface area contributed by atoms with E-state index in [1.54, 1.807) is 48.0 Å². The molecule has 4 rings (SSSR count). The predicted molar refractivity (Wildman–Crippen MR) is 121 cm³/mol. The fourth-order valence-electron chi connectivity index (χ4n) is 3.00. The topological polar surface area (TPSA) is 81.8 Å². The third-order valence-electron chi connectivity index (χ3n) is 4.50. The van der Waals surface area contributed by atoms with Crippen LogP contribution in [0.1, 0.15) is 10.4 Å². The molecule has 2 aliphatic rings. The van der Waals surface area contributed by atoms with Crippen LogP contribution in [-0.2, 0) is 10.0 Å². The number of hydrogen-bond donors (Lipinski definition) is 2. The second kappa shape index (κ2) is 8.10. The van der Waals surface area contributed by atoms with E-state index in [4.69, 9.17) is 11.6 Å². The molecule has 1 amide bonds. The number of rotatable bonds is 5. The van der Waals surface area contributed by atoms with E-state index in [1.807, 2.05) is 18.2 Å². The molecule has 7 nitrogen and oxygen atoms in total. The molecule has 10 heteroatoms. The molecular formula is C20H17ClN4O3S2. The van der Waals surface area contributed by atoms with E-state index in [9.17, 15) is 13.2 Å². The summed E-state index contributed by atoms with van der Waals surface area (Å²) in [6.45, 7) is 0. The first-order chi connectivity index (χ1) is 14.4. The van der Waals surface area contributed by atoms with Gasteiger partial charge < -0.3 is 9.62 Å². The number of carbonyl (C=O) groups is 1. The Balaban J connectivity index is 1.68. The van der Waals surface area contributed by atoms with Crippen LogP contribution in [0.3, 0.4) is 0 Å². The minimum atomic E-state index is -3.99. The highest BCUT2D eigenvalue weighted by atomic mass is 35.5. The van der Waals surface area contributed by atoms with Gasteiger partial charge in [0.1, 0.15) is 4.91 Å². The summed E-state index contributed by atoms with van der Waals surface area (Å²) in [5, 5.41) is 0.308. The lowest BCUT2D eigenvalue weighted by Crippen LogP contribution is -2.28. The van der Waals surface area contributed by atoms with Gasteiger partial charge in [-0.05, 0) is 42.5 Å². The lowest BCUT2D eigenvalue weighted by Gasteiger charge is -2.22. The number of hydrogen-bond acceptors (Lipinski definition) is 6. The average molecular weight is 461 g/mol. The Morgan fingerprint density at radius 2 is 1.97 bits per heavy atom. The molecular weight excluding hydrogens is 444 g/mol. The third kappa shape index (κ3) is 3.91. The molecule has 0 saturated heterocycles. The minimum Gasteiger partial charge on any atom is -0.316 e. The first kappa shape index (κ1) is 20.4. The summed E-state index contributed by atoms with van der Waals surface area (Å²) in [6.07, 6.45) is 6.49. The monoisotopic (exact) mass is 460 g/mol. The Bertz CT molecular complexity index is 1190. The number of fused-ring (bicyclic) bond motifs is 1. The SMILES string of the molecule is CN(C(=O)c1ccc(Cl)cc1NS(=O)(=O)C1=CC=CN2SNC=C12)c1ccccc1. The maximum atomic E-state index is 13.1. The van der Waals surface area contributed by atoms with E-state index in [1.165, 1.54) is 35.2 Å². The summed E-state index contributed by atoms with van der Waals surface area (Å²) in [7, 11) is -2.36. The van der Waals surface area contributed by atoms with Gasteiger partial charge in [0.15, 0.2) is 0 Å². The number of sulfonamides is 1. The normalized spacial score (nSPS) is 15.1. The van der Waals surface area contributed by atoms with Crippen molar-refractivity contribution < 1.29 is 13.2 Å². The number of allylic oxidation sites excluding steroid dienone is 2. The largest absolute Gasteiger partial charge is 0.316 e. The van der Waals surface area contributed by atoms with Crippen molar-refractivity contribution in [2.75, 3.05) is 16.7 Å². The van der Waals surface area contributed by atoms with E-state index in [0.29, 0.717) is 16.4 Å². The second-order valence-corrected chi connectivity index (χ2v) is 9.33. The van der Waals surface area contributed by atoms with E-state index in [-0.39, 0.29) is 22.1 Å². The van der Waals surface area contributed by atoms with Gasteiger partial charge in [-0.1, -0.05) is 29.8 Å². The quantitative estimate of drug-likeness (QED) is 0.654. The molecule has 0 fully saturated rings. The van der Waals surface area contributed by atoms with Crippen molar-refractivity contribution in [3.8, 4) is 0 Å². The van der Waals surface area contributed by atoms with Crippen LogP contribution >= 0.6 is 23.7 Å². The first-order valence-electron chi connectivity index (χ1n) is 8.83. The fraction of sp³-hybridized carbons (Fsp3) is 0.0500. The van der Waals surface area contributed by atoms with Crippen LogP contribution in [0.25, 0.3) is 0 Å². The molecule has 0 aliphatic carbocycles. The van der Waals surface area contributed by atoms with Crippen molar-refractivity contribution in [3.05, 3.63) is 94.3 Å². The number of nitrogens with one attached hydrogen (secondary N) is 2.